The first-order chi connectivity index (χ1) is 10.5. The van der Waals surface area contributed by atoms with Crippen molar-refractivity contribution in [1.29, 1.82) is 0 Å². The Bertz CT molecular complexity index is 511. The van der Waals surface area contributed by atoms with E-state index in [9.17, 15) is 9.90 Å². The molecule has 0 aromatic heterocycles. The molecule has 1 unspecified atom stereocenters. The molecule has 0 bridgehead atoms. The second kappa shape index (κ2) is 7.61. The van der Waals surface area contributed by atoms with Gasteiger partial charge in [0.15, 0.2) is 0 Å². The smallest absolute Gasteiger partial charge is 0.248 e. The minimum Gasteiger partial charge on any atom is -0.491 e. The number of nitrogens with zero attached hydrogens (tertiary/aromatic N) is 1. The Kier molecular flexibility index (Phi) is 5.80. The maximum Gasteiger partial charge on any atom is 0.248 e. The highest BCUT2D eigenvalue weighted by molar-refractivity contribution is 5.93. The highest BCUT2D eigenvalue weighted by Crippen LogP contribution is 2.20. The number of β-amino-alcohol motifs (C(OH)–C–C–N with tert-alkyl or cyclic N) is 1. The molecule has 0 radical (unpaired) electrons. The number of aryl methyl sites for hydroxylation is 1. The Balaban J connectivity index is 1.84. The molecule has 1 atom stereocenters. The van der Waals surface area contributed by atoms with Crippen LogP contribution >= 0.6 is 0 Å². The van der Waals surface area contributed by atoms with E-state index in [0.717, 1.165) is 24.6 Å². The van der Waals surface area contributed by atoms with E-state index in [0.29, 0.717) is 17.9 Å². The molecule has 1 amide bonds. The summed E-state index contributed by atoms with van der Waals surface area (Å²) in [7, 11) is 0. The summed E-state index contributed by atoms with van der Waals surface area (Å²) in [6.45, 7) is 7.09. The van der Waals surface area contributed by atoms with Gasteiger partial charge in [0.25, 0.3) is 0 Å². The van der Waals surface area contributed by atoms with Crippen molar-refractivity contribution < 1.29 is 14.6 Å². The number of hydrogen-bond acceptors (Lipinski definition) is 4. The quantitative estimate of drug-likeness (QED) is 0.836. The molecule has 1 aromatic rings. The molecule has 0 aliphatic carbocycles. The number of ether oxygens (including phenoxy) is 1. The number of likely N-dealkylation sites (tertiary alicyclic amines) is 1. The molecule has 5 nitrogen and oxygen atoms in total. The molecule has 3 N–H and O–H groups in total. The van der Waals surface area contributed by atoms with Gasteiger partial charge in [0.2, 0.25) is 5.91 Å². The number of amides is 1. The number of hydrogen-bond donors (Lipinski definition) is 2. The van der Waals surface area contributed by atoms with E-state index < -0.39 is 12.0 Å². The third kappa shape index (κ3) is 4.71. The number of carbonyl (C=O) groups excluding carboxylic acids is 1. The molecule has 1 heterocycles. The van der Waals surface area contributed by atoms with Gasteiger partial charge in [0.05, 0.1) is 0 Å². The second-order valence-electron chi connectivity index (χ2n) is 6.29. The van der Waals surface area contributed by atoms with Crippen LogP contribution in [-0.4, -0.2) is 48.3 Å². The predicted molar refractivity (Wildman–Crippen MR) is 86.0 cm³/mol. The van der Waals surface area contributed by atoms with Gasteiger partial charge in [-0.05, 0) is 56.5 Å². The van der Waals surface area contributed by atoms with Gasteiger partial charge >= 0.3 is 0 Å². The van der Waals surface area contributed by atoms with Gasteiger partial charge in [-0.3, -0.25) is 4.79 Å². The molecule has 1 fully saturated rings. The van der Waals surface area contributed by atoms with Crippen LogP contribution in [0.15, 0.2) is 18.2 Å². The van der Waals surface area contributed by atoms with Crippen LogP contribution in [0.2, 0.25) is 0 Å². The maximum atomic E-state index is 11.2. The van der Waals surface area contributed by atoms with Crippen molar-refractivity contribution in [2.75, 3.05) is 26.2 Å². The SMILES string of the molecule is Cc1ccc(C(N)=O)cc1OCC(O)CN1CCC(C)CC1. The minimum absolute atomic E-state index is 0.217. The van der Waals surface area contributed by atoms with Crippen molar-refractivity contribution in [1.82, 2.24) is 4.90 Å². The van der Waals surface area contributed by atoms with Crippen LogP contribution in [0.5, 0.6) is 5.75 Å². The fraction of sp³-hybridized carbons (Fsp3) is 0.588. The zero-order valence-electron chi connectivity index (χ0n) is 13.4. The molecule has 1 aliphatic heterocycles. The van der Waals surface area contributed by atoms with Crippen molar-refractivity contribution in [3.05, 3.63) is 29.3 Å². The predicted octanol–water partition coefficient (Wildman–Crippen LogP) is 1.57. The molecule has 2 rings (SSSR count). The molecular weight excluding hydrogens is 280 g/mol. The van der Waals surface area contributed by atoms with Gasteiger partial charge in [-0.1, -0.05) is 13.0 Å². The van der Waals surface area contributed by atoms with Crippen molar-refractivity contribution >= 4 is 5.91 Å². The van der Waals surface area contributed by atoms with E-state index in [1.807, 2.05) is 6.92 Å². The van der Waals surface area contributed by atoms with Gasteiger partial charge in [0.1, 0.15) is 18.5 Å². The lowest BCUT2D eigenvalue weighted by Crippen LogP contribution is -2.40. The molecule has 0 spiro atoms. The van der Waals surface area contributed by atoms with Crippen LogP contribution in [0.1, 0.15) is 35.7 Å². The molecule has 22 heavy (non-hydrogen) atoms. The molecule has 1 aromatic carbocycles. The number of primary amides is 1. The monoisotopic (exact) mass is 306 g/mol. The Morgan fingerprint density at radius 1 is 1.45 bits per heavy atom. The Morgan fingerprint density at radius 3 is 2.77 bits per heavy atom. The third-order valence-corrected chi connectivity index (χ3v) is 4.25. The number of carbonyl (C=O) groups is 1. The lowest BCUT2D eigenvalue weighted by Gasteiger charge is -2.31. The van der Waals surface area contributed by atoms with Gasteiger partial charge < -0.3 is 20.5 Å². The van der Waals surface area contributed by atoms with Crippen LogP contribution in [0.3, 0.4) is 0 Å². The average molecular weight is 306 g/mol. The van der Waals surface area contributed by atoms with Gasteiger partial charge in [-0.15, -0.1) is 0 Å². The van der Waals surface area contributed by atoms with E-state index in [1.165, 1.54) is 12.8 Å². The number of nitrogens with two attached hydrogens (primary N) is 1. The number of aliphatic hydroxyl groups is 1. The Morgan fingerprint density at radius 2 is 2.14 bits per heavy atom. The molecule has 5 heteroatoms. The normalized spacial score (nSPS) is 18.1. The Hall–Kier alpha value is -1.59. The largest absolute Gasteiger partial charge is 0.491 e. The van der Waals surface area contributed by atoms with Gasteiger partial charge in [-0.2, -0.15) is 0 Å². The van der Waals surface area contributed by atoms with Crippen molar-refractivity contribution in [3.63, 3.8) is 0 Å². The number of benzene rings is 1. The van der Waals surface area contributed by atoms with E-state index in [1.54, 1.807) is 18.2 Å². The summed E-state index contributed by atoms with van der Waals surface area (Å²) in [6.07, 6.45) is 1.84. The minimum atomic E-state index is -0.537. The maximum absolute atomic E-state index is 11.2. The summed E-state index contributed by atoms with van der Waals surface area (Å²) in [4.78, 5) is 13.5. The lowest BCUT2D eigenvalue weighted by atomic mass is 9.99. The third-order valence-electron chi connectivity index (χ3n) is 4.25. The summed E-state index contributed by atoms with van der Waals surface area (Å²) in [5.74, 6) is 0.902. The van der Waals surface area contributed by atoms with Gasteiger partial charge in [0, 0.05) is 12.1 Å². The summed E-state index contributed by atoms with van der Waals surface area (Å²) in [6, 6.07) is 5.11. The first kappa shape index (κ1) is 16.8. The fourth-order valence-corrected chi connectivity index (χ4v) is 2.69. The fourth-order valence-electron chi connectivity index (χ4n) is 2.69. The molecule has 1 aliphatic rings. The van der Waals surface area contributed by atoms with Crippen molar-refractivity contribution in [2.45, 2.75) is 32.8 Å². The zero-order chi connectivity index (χ0) is 16.1. The molecule has 122 valence electrons. The highest BCUT2D eigenvalue weighted by atomic mass is 16.5. The summed E-state index contributed by atoms with van der Waals surface area (Å²) >= 11 is 0. The second-order valence-corrected chi connectivity index (χ2v) is 6.29. The van der Waals surface area contributed by atoms with Crippen molar-refractivity contribution in [3.8, 4) is 5.75 Å². The van der Waals surface area contributed by atoms with E-state index in [4.69, 9.17) is 10.5 Å². The van der Waals surface area contributed by atoms with Crippen LogP contribution in [0.25, 0.3) is 0 Å². The van der Waals surface area contributed by atoms with E-state index >= 15 is 0 Å². The molecule has 1 saturated heterocycles. The van der Waals surface area contributed by atoms with E-state index in [-0.39, 0.29) is 6.61 Å². The summed E-state index contributed by atoms with van der Waals surface area (Å²) < 4.78 is 5.67. The Labute approximate surface area is 132 Å². The number of aliphatic hydroxyl groups excluding tert-OH is 1. The number of rotatable bonds is 6. The average Bonchev–Trinajstić information content (AvgIpc) is 2.48. The molecular formula is C17H26N2O3. The topological polar surface area (TPSA) is 75.8 Å². The van der Waals surface area contributed by atoms with Crippen molar-refractivity contribution in [2.24, 2.45) is 11.7 Å². The van der Waals surface area contributed by atoms with Crippen LogP contribution in [0.4, 0.5) is 0 Å². The van der Waals surface area contributed by atoms with Crippen LogP contribution in [0, 0.1) is 12.8 Å². The first-order valence-electron chi connectivity index (χ1n) is 7.89. The van der Waals surface area contributed by atoms with Gasteiger partial charge in [-0.25, -0.2) is 0 Å². The molecule has 0 saturated carbocycles. The lowest BCUT2D eigenvalue weighted by molar-refractivity contribution is 0.0561. The van der Waals surface area contributed by atoms with Crippen LogP contribution in [-0.2, 0) is 0 Å². The highest BCUT2D eigenvalue weighted by Gasteiger charge is 2.18. The van der Waals surface area contributed by atoms with E-state index in [2.05, 4.69) is 11.8 Å². The zero-order valence-corrected chi connectivity index (χ0v) is 13.4. The standard InChI is InChI=1S/C17H26N2O3/c1-12-5-7-19(8-6-12)10-15(20)11-22-16-9-14(17(18)21)4-3-13(16)2/h3-4,9,12,15,20H,5-8,10-11H2,1-2H3,(H2,18,21). The van der Waals surface area contributed by atoms with Crippen LogP contribution < -0.4 is 10.5 Å². The number of piperidine rings is 1. The first-order valence-corrected chi connectivity index (χ1v) is 7.89. The summed E-state index contributed by atoms with van der Waals surface area (Å²) in [5.41, 5.74) is 6.61. The summed E-state index contributed by atoms with van der Waals surface area (Å²) in [5, 5.41) is 10.1.